The number of para-hydroxylation sites is 1. The van der Waals surface area contributed by atoms with E-state index in [-0.39, 0.29) is 12.4 Å². The van der Waals surface area contributed by atoms with Gasteiger partial charge in [0, 0.05) is 11.3 Å². The number of anilines is 1. The van der Waals surface area contributed by atoms with Gasteiger partial charge in [0.05, 0.1) is 33.3 Å². The number of Topliss-reactive ketones (excluding diaryl/α,β-unsaturated/α-hetero) is 1. The third-order valence-electron chi connectivity index (χ3n) is 5.75. The highest BCUT2D eigenvalue weighted by Crippen LogP contribution is 2.28. The number of ketones is 1. The Hall–Kier alpha value is -2.57. The number of aryl methyl sites for hydroxylation is 2. The van der Waals surface area contributed by atoms with Gasteiger partial charge in [0.1, 0.15) is 19.3 Å². The monoisotopic (exact) mass is 413 g/mol. The van der Waals surface area contributed by atoms with Gasteiger partial charge in [-0.2, -0.15) is 0 Å². The fraction of sp³-hybridized carbons (Fsp3) is 0.458. The van der Waals surface area contributed by atoms with Crippen molar-refractivity contribution >= 4 is 11.5 Å². The molecule has 6 nitrogen and oxygen atoms in total. The molecule has 2 aromatic carbocycles. The van der Waals surface area contributed by atoms with Crippen molar-refractivity contribution in [3.8, 4) is 11.5 Å². The van der Waals surface area contributed by atoms with Gasteiger partial charge < -0.3 is 24.4 Å². The van der Waals surface area contributed by atoms with Gasteiger partial charge in [0.2, 0.25) is 0 Å². The molecular formula is C24H33N2O4+. The number of benzene rings is 2. The highest BCUT2D eigenvalue weighted by molar-refractivity contribution is 5.94. The number of carbonyl (C=O) groups is 1. The van der Waals surface area contributed by atoms with E-state index in [4.69, 9.17) is 9.47 Å². The Morgan fingerprint density at radius 1 is 1.13 bits per heavy atom. The van der Waals surface area contributed by atoms with Gasteiger partial charge in [0.25, 0.3) is 0 Å². The Bertz CT molecular complexity index is 855. The summed E-state index contributed by atoms with van der Waals surface area (Å²) in [4.78, 5) is 15.4. The molecular weight excluding hydrogens is 380 g/mol. The van der Waals surface area contributed by atoms with E-state index in [1.54, 1.807) is 25.3 Å². The molecule has 162 valence electrons. The molecule has 0 radical (unpaired) electrons. The molecule has 0 unspecified atom stereocenters. The Morgan fingerprint density at radius 2 is 1.80 bits per heavy atom. The molecule has 6 heteroatoms. The minimum absolute atomic E-state index is 0.0245. The fourth-order valence-corrected chi connectivity index (χ4v) is 4.14. The SMILES string of the molecule is COc1cc(C(C)=O)ccc1OC[C@@H](O)C[NH+]1CCN(c2c(C)cccc2C)CC1. The summed E-state index contributed by atoms with van der Waals surface area (Å²) < 4.78 is 11.1. The first-order valence-corrected chi connectivity index (χ1v) is 10.5. The lowest BCUT2D eigenvalue weighted by Crippen LogP contribution is -3.16. The summed E-state index contributed by atoms with van der Waals surface area (Å²) in [7, 11) is 1.54. The number of carbonyl (C=O) groups excluding carboxylic acids is 1. The van der Waals surface area contributed by atoms with Crippen LogP contribution in [0.25, 0.3) is 0 Å². The summed E-state index contributed by atoms with van der Waals surface area (Å²) in [6, 6.07) is 11.5. The normalized spacial score (nSPS) is 15.7. The summed E-state index contributed by atoms with van der Waals surface area (Å²) in [6.07, 6.45) is -0.566. The molecule has 3 rings (SSSR count). The number of ether oxygens (including phenoxy) is 2. The highest BCUT2D eigenvalue weighted by Gasteiger charge is 2.24. The van der Waals surface area contributed by atoms with E-state index in [1.165, 1.54) is 28.6 Å². The standard InChI is InChI=1S/C24H32N2O4/c1-17-6-5-7-18(2)24(17)26-12-10-25(11-13-26)15-21(28)16-30-22-9-8-20(19(3)27)14-23(22)29-4/h5-9,14,21,28H,10-13,15-16H2,1-4H3/p+1/t21-/m0/s1. The van der Waals surface area contributed by atoms with Crippen molar-refractivity contribution in [3.63, 3.8) is 0 Å². The molecule has 0 amide bonds. The van der Waals surface area contributed by atoms with Gasteiger partial charge in [-0.25, -0.2) is 0 Å². The van der Waals surface area contributed by atoms with Crippen LogP contribution in [0.3, 0.4) is 0 Å². The van der Waals surface area contributed by atoms with Crippen LogP contribution in [0.2, 0.25) is 0 Å². The smallest absolute Gasteiger partial charge is 0.161 e. The van der Waals surface area contributed by atoms with Crippen LogP contribution in [-0.4, -0.2) is 63.4 Å². The molecule has 1 aliphatic rings. The van der Waals surface area contributed by atoms with Gasteiger partial charge in [-0.05, 0) is 50.1 Å². The molecule has 0 aliphatic carbocycles. The van der Waals surface area contributed by atoms with Crippen LogP contribution in [0.1, 0.15) is 28.4 Å². The lowest BCUT2D eigenvalue weighted by Gasteiger charge is -2.36. The largest absolute Gasteiger partial charge is 0.493 e. The molecule has 1 aliphatic heterocycles. The Balaban J connectivity index is 1.50. The van der Waals surface area contributed by atoms with Gasteiger partial charge in [-0.1, -0.05) is 18.2 Å². The molecule has 1 atom stereocenters. The van der Waals surface area contributed by atoms with Crippen LogP contribution in [0.15, 0.2) is 36.4 Å². The van der Waals surface area contributed by atoms with E-state index in [2.05, 4.69) is 36.9 Å². The van der Waals surface area contributed by atoms with E-state index in [9.17, 15) is 9.90 Å². The summed E-state index contributed by atoms with van der Waals surface area (Å²) in [5, 5.41) is 10.5. The summed E-state index contributed by atoms with van der Waals surface area (Å²) in [5.74, 6) is 1.02. The maximum absolute atomic E-state index is 11.5. The second kappa shape index (κ2) is 9.96. The second-order valence-corrected chi connectivity index (χ2v) is 8.07. The maximum atomic E-state index is 11.5. The summed E-state index contributed by atoms with van der Waals surface area (Å²) in [5.41, 5.74) is 4.56. The van der Waals surface area contributed by atoms with Gasteiger partial charge in [-0.15, -0.1) is 0 Å². The lowest BCUT2D eigenvalue weighted by molar-refractivity contribution is -0.903. The molecule has 2 N–H and O–H groups in total. The second-order valence-electron chi connectivity index (χ2n) is 8.07. The number of aliphatic hydroxyl groups excluding tert-OH is 1. The van der Waals surface area contributed by atoms with Crippen molar-refractivity contribution in [1.82, 2.24) is 0 Å². The topological polar surface area (TPSA) is 63.4 Å². The van der Waals surface area contributed by atoms with Crippen molar-refractivity contribution in [2.75, 3.05) is 51.3 Å². The van der Waals surface area contributed by atoms with Crippen molar-refractivity contribution in [2.45, 2.75) is 26.9 Å². The van der Waals surface area contributed by atoms with E-state index in [0.717, 1.165) is 26.2 Å². The number of nitrogens with one attached hydrogen (secondary N) is 1. The first-order chi connectivity index (χ1) is 14.4. The average molecular weight is 414 g/mol. The zero-order valence-corrected chi connectivity index (χ0v) is 18.4. The van der Waals surface area contributed by atoms with E-state index in [0.29, 0.717) is 23.6 Å². The molecule has 30 heavy (non-hydrogen) atoms. The Kier molecular flexibility index (Phi) is 7.34. The number of piperazine rings is 1. The first kappa shape index (κ1) is 22.1. The zero-order chi connectivity index (χ0) is 21.7. The third-order valence-corrected chi connectivity index (χ3v) is 5.75. The van der Waals surface area contributed by atoms with E-state index in [1.807, 2.05) is 0 Å². The van der Waals surface area contributed by atoms with Crippen molar-refractivity contribution in [1.29, 1.82) is 0 Å². The third kappa shape index (κ3) is 5.32. The van der Waals surface area contributed by atoms with Crippen LogP contribution >= 0.6 is 0 Å². The summed E-state index contributed by atoms with van der Waals surface area (Å²) in [6.45, 7) is 10.6. The first-order valence-electron chi connectivity index (χ1n) is 10.5. The molecule has 0 spiro atoms. The van der Waals surface area contributed by atoms with Crippen molar-refractivity contribution in [2.24, 2.45) is 0 Å². The predicted molar refractivity (Wildman–Crippen MR) is 118 cm³/mol. The van der Waals surface area contributed by atoms with Crippen LogP contribution < -0.4 is 19.3 Å². The molecule has 1 saturated heterocycles. The zero-order valence-electron chi connectivity index (χ0n) is 18.4. The van der Waals surface area contributed by atoms with Gasteiger partial charge in [0.15, 0.2) is 17.3 Å². The number of nitrogens with zero attached hydrogens (tertiary/aromatic N) is 1. The predicted octanol–water partition coefficient (Wildman–Crippen LogP) is 1.66. The van der Waals surface area contributed by atoms with Gasteiger partial charge >= 0.3 is 0 Å². The Morgan fingerprint density at radius 3 is 2.40 bits per heavy atom. The number of quaternary nitrogens is 1. The van der Waals surface area contributed by atoms with Crippen LogP contribution in [0.5, 0.6) is 11.5 Å². The lowest BCUT2D eigenvalue weighted by atomic mass is 10.1. The minimum atomic E-state index is -0.566. The van der Waals surface area contributed by atoms with Crippen LogP contribution in [-0.2, 0) is 0 Å². The molecule has 1 heterocycles. The number of aliphatic hydroxyl groups is 1. The van der Waals surface area contributed by atoms with Gasteiger partial charge in [-0.3, -0.25) is 4.79 Å². The highest BCUT2D eigenvalue weighted by atomic mass is 16.5. The number of hydrogen-bond donors (Lipinski definition) is 2. The van der Waals surface area contributed by atoms with E-state index < -0.39 is 6.10 Å². The Labute approximate surface area is 179 Å². The van der Waals surface area contributed by atoms with E-state index >= 15 is 0 Å². The fourth-order valence-electron chi connectivity index (χ4n) is 4.14. The average Bonchev–Trinajstić information content (AvgIpc) is 2.73. The molecule has 0 aromatic heterocycles. The summed E-state index contributed by atoms with van der Waals surface area (Å²) >= 11 is 0. The number of hydrogen-bond acceptors (Lipinski definition) is 5. The maximum Gasteiger partial charge on any atom is 0.161 e. The van der Waals surface area contributed by atoms with Crippen molar-refractivity contribution in [3.05, 3.63) is 53.1 Å². The molecule has 0 saturated carbocycles. The van der Waals surface area contributed by atoms with Crippen LogP contribution in [0, 0.1) is 13.8 Å². The quantitative estimate of drug-likeness (QED) is 0.645. The number of rotatable bonds is 8. The van der Waals surface area contributed by atoms with Crippen LogP contribution in [0.4, 0.5) is 5.69 Å². The minimum Gasteiger partial charge on any atom is -0.493 e. The number of methoxy groups -OCH3 is 1. The molecule has 0 bridgehead atoms. The molecule has 2 aromatic rings. The van der Waals surface area contributed by atoms with Crippen molar-refractivity contribution < 1.29 is 24.3 Å². The molecule has 1 fully saturated rings.